The zero-order chi connectivity index (χ0) is 16.7. The lowest BCUT2D eigenvalue weighted by atomic mass is 9.49. The Bertz CT molecular complexity index is 594. The Kier molecular flexibility index (Phi) is 4.29. The summed E-state index contributed by atoms with van der Waals surface area (Å²) < 4.78 is 0. The van der Waals surface area contributed by atoms with E-state index in [4.69, 9.17) is 0 Å². The first-order valence-electron chi connectivity index (χ1n) is 9.21. The second-order valence-corrected chi connectivity index (χ2v) is 8.59. The maximum Gasteiger partial charge on any atom is 0.207 e. The molecule has 1 aromatic carbocycles. The largest absolute Gasteiger partial charge is 0.358 e. The van der Waals surface area contributed by atoms with Crippen LogP contribution in [0.2, 0.25) is 0 Å². The lowest BCUT2D eigenvalue weighted by Gasteiger charge is -2.55. The van der Waals surface area contributed by atoms with Gasteiger partial charge in [-0.3, -0.25) is 4.79 Å². The van der Waals surface area contributed by atoms with Crippen LogP contribution in [0.25, 0.3) is 0 Å². The fraction of sp³-hybridized carbons (Fsp3) is 0.667. The van der Waals surface area contributed by atoms with Crippen LogP contribution in [0.1, 0.15) is 76.0 Å². The molecule has 3 rings (SSSR count). The summed E-state index contributed by atoms with van der Waals surface area (Å²) in [5.41, 5.74) is 5.10. The normalized spacial score (nSPS) is 33.0. The van der Waals surface area contributed by atoms with Gasteiger partial charge in [0.1, 0.15) is 0 Å². The van der Waals surface area contributed by atoms with Gasteiger partial charge in [0.05, 0.1) is 0 Å². The standard InChI is InChI=1S/C21H31NO/c1-15(2)16-6-8-18-17(12-16)7-9-19-20(3,13-22-14-23)10-5-11-21(18,19)4/h6,8,12,14-15,19H,5,7,9-11,13H2,1-4H3,(H,22,23)/t19-,20+,21+/m0/s1. The Morgan fingerprint density at radius 3 is 2.78 bits per heavy atom. The van der Waals surface area contributed by atoms with E-state index in [-0.39, 0.29) is 10.8 Å². The minimum absolute atomic E-state index is 0.225. The second kappa shape index (κ2) is 5.96. The summed E-state index contributed by atoms with van der Waals surface area (Å²) in [7, 11) is 0. The molecule has 1 saturated carbocycles. The summed E-state index contributed by atoms with van der Waals surface area (Å²) in [5.74, 6) is 1.26. The zero-order valence-corrected chi connectivity index (χ0v) is 15.1. The molecule has 2 aliphatic carbocycles. The second-order valence-electron chi connectivity index (χ2n) is 8.59. The SMILES string of the molecule is CC(C)c1ccc2c(c1)CC[C@H]1[C@@](C)(CNC=O)CCC[C@]21C. The highest BCUT2D eigenvalue weighted by Crippen LogP contribution is 2.57. The molecule has 0 bridgehead atoms. The molecular weight excluding hydrogens is 282 g/mol. The van der Waals surface area contributed by atoms with Crippen molar-refractivity contribution in [3.63, 3.8) is 0 Å². The molecule has 0 saturated heterocycles. The van der Waals surface area contributed by atoms with Crippen LogP contribution in [-0.2, 0) is 16.6 Å². The van der Waals surface area contributed by atoms with Crippen LogP contribution in [0, 0.1) is 11.3 Å². The molecule has 3 atom stereocenters. The van der Waals surface area contributed by atoms with E-state index < -0.39 is 0 Å². The van der Waals surface area contributed by atoms with E-state index in [2.05, 4.69) is 51.2 Å². The Morgan fingerprint density at radius 2 is 2.09 bits per heavy atom. The predicted octanol–water partition coefficient (Wildman–Crippen LogP) is 4.57. The summed E-state index contributed by atoms with van der Waals surface area (Å²) in [4.78, 5) is 10.8. The number of carbonyl (C=O) groups excluding carboxylic acids is 1. The molecule has 0 spiro atoms. The van der Waals surface area contributed by atoms with Crippen molar-refractivity contribution in [3.05, 3.63) is 34.9 Å². The molecule has 0 aliphatic heterocycles. The lowest BCUT2D eigenvalue weighted by Crippen LogP contribution is -2.52. The van der Waals surface area contributed by atoms with Crippen molar-refractivity contribution in [1.82, 2.24) is 5.32 Å². The fourth-order valence-corrected chi connectivity index (χ4v) is 5.49. The number of carbonyl (C=O) groups is 1. The van der Waals surface area contributed by atoms with Gasteiger partial charge in [-0.05, 0) is 65.0 Å². The number of hydrogen-bond donors (Lipinski definition) is 1. The predicted molar refractivity (Wildman–Crippen MR) is 95.7 cm³/mol. The van der Waals surface area contributed by atoms with Gasteiger partial charge in [-0.15, -0.1) is 0 Å². The molecule has 0 unspecified atom stereocenters. The Labute approximate surface area is 141 Å². The monoisotopic (exact) mass is 313 g/mol. The molecule has 2 heteroatoms. The number of rotatable bonds is 4. The highest BCUT2D eigenvalue weighted by molar-refractivity contribution is 5.46. The minimum Gasteiger partial charge on any atom is -0.358 e. The average Bonchev–Trinajstić information content (AvgIpc) is 2.52. The van der Waals surface area contributed by atoms with E-state index in [0.717, 1.165) is 13.0 Å². The number of benzene rings is 1. The van der Waals surface area contributed by atoms with Gasteiger partial charge in [0.15, 0.2) is 0 Å². The van der Waals surface area contributed by atoms with Crippen molar-refractivity contribution in [3.8, 4) is 0 Å². The quantitative estimate of drug-likeness (QED) is 0.811. The van der Waals surface area contributed by atoms with Gasteiger partial charge in [0.2, 0.25) is 6.41 Å². The van der Waals surface area contributed by atoms with Gasteiger partial charge in [0.25, 0.3) is 0 Å². The van der Waals surface area contributed by atoms with Crippen LogP contribution < -0.4 is 5.32 Å². The van der Waals surface area contributed by atoms with E-state index in [9.17, 15) is 4.79 Å². The molecule has 126 valence electrons. The van der Waals surface area contributed by atoms with Gasteiger partial charge in [0, 0.05) is 6.54 Å². The first kappa shape index (κ1) is 16.5. The number of hydrogen-bond acceptors (Lipinski definition) is 1. The Balaban J connectivity index is 1.98. The van der Waals surface area contributed by atoms with E-state index in [1.165, 1.54) is 37.7 Å². The fourth-order valence-electron chi connectivity index (χ4n) is 5.49. The van der Waals surface area contributed by atoms with Crippen LogP contribution in [0.5, 0.6) is 0 Å². The smallest absolute Gasteiger partial charge is 0.207 e. The van der Waals surface area contributed by atoms with E-state index in [0.29, 0.717) is 11.8 Å². The van der Waals surface area contributed by atoms with E-state index in [1.54, 1.807) is 11.1 Å². The van der Waals surface area contributed by atoms with Crippen LogP contribution in [-0.4, -0.2) is 13.0 Å². The van der Waals surface area contributed by atoms with Crippen LogP contribution in [0.3, 0.4) is 0 Å². The lowest BCUT2D eigenvalue weighted by molar-refractivity contribution is -0.110. The molecule has 1 aromatic rings. The van der Waals surface area contributed by atoms with Crippen molar-refractivity contribution in [2.24, 2.45) is 11.3 Å². The highest BCUT2D eigenvalue weighted by Gasteiger charge is 2.51. The van der Waals surface area contributed by atoms with Gasteiger partial charge in [-0.1, -0.05) is 52.3 Å². The maximum atomic E-state index is 10.8. The number of nitrogens with one attached hydrogen (secondary N) is 1. The Hall–Kier alpha value is -1.31. The van der Waals surface area contributed by atoms with Crippen LogP contribution in [0.4, 0.5) is 0 Å². The third-order valence-corrected chi connectivity index (χ3v) is 6.76. The molecular formula is C21H31NO. The summed E-state index contributed by atoms with van der Waals surface area (Å²) in [6.07, 6.45) is 7.07. The molecule has 1 fully saturated rings. The van der Waals surface area contributed by atoms with Crippen molar-refractivity contribution < 1.29 is 4.79 Å². The zero-order valence-electron chi connectivity index (χ0n) is 15.1. The summed E-state index contributed by atoms with van der Waals surface area (Å²) in [6, 6.07) is 7.21. The number of fused-ring (bicyclic) bond motifs is 3. The van der Waals surface area contributed by atoms with Crippen molar-refractivity contribution >= 4 is 6.41 Å². The van der Waals surface area contributed by atoms with Crippen LogP contribution >= 0.6 is 0 Å². The van der Waals surface area contributed by atoms with Gasteiger partial charge in [-0.25, -0.2) is 0 Å². The highest BCUT2D eigenvalue weighted by atomic mass is 16.1. The molecule has 1 N–H and O–H groups in total. The number of amides is 1. The third kappa shape index (κ3) is 2.70. The van der Waals surface area contributed by atoms with E-state index >= 15 is 0 Å². The van der Waals surface area contributed by atoms with Gasteiger partial charge < -0.3 is 5.32 Å². The minimum atomic E-state index is 0.225. The summed E-state index contributed by atoms with van der Waals surface area (Å²) in [5, 5.41) is 2.98. The Morgan fingerprint density at radius 1 is 1.30 bits per heavy atom. The molecule has 2 nitrogen and oxygen atoms in total. The van der Waals surface area contributed by atoms with Crippen LogP contribution in [0.15, 0.2) is 18.2 Å². The molecule has 0 aromatic heterocycles. The molecule has 1 amide bonds. The average molecular weight is 313 g/mol. The van der Waals surface area contributed by atoms with Crippen molar-refractivity contribution in [2.75, 3.05) is 6.54 Å². The molecule has 0 heterocycles. The van der Waals surface area contributed by atoms with Crippen molar-refractivity contribution in [1.29, 1.82) is 0 Å². The summed E-state index contributed by atoms with van der Waals surface area (Å²) >= 11 is 0. The number of aryl methyl sites for hydroxylation is 1. The molecule has 0 radical (unpaired) electrons. The van der Waals surface area contributed by atoms with Crippen molar-refractivity contribution in [2.45, 2.75) is 71.1 Å². The maximum absolute atomic E-state index is 10.8. The third-order valence-electron chi connectivity index (χ3n) is 6.76. The van der Waals surface area contributed by atoms with E-state index in [1.807, 2.05) is 0 Å². The molecule has 2 aliphatic rings. The van der Waals surface area contributed by atoms with Gasteiger partial charge >= 0.3 is 0 Å². The first-order valence-corrected chi connectivity index (χ1v) is 9.21. The van der Waals surface area contributed by atoms with Gasteiger partial charge in [-0.2, -0.15) is 0 Å². The first-order chi connectivity index (χ1) is 10.9. The summed E-state index contributed by atoms with van der Waals surface area (Å²) in [6.45, 7) is 10.2. The molecule has 23 heavy (non-hydrogen) atoms. The topological polar surface area (TPSA) is 29.1 Å².